The van der Waals surface area contributed by atoms with Crippen molar-refractivity contribution in [2.75, 3.05) is 31.1 Å². The zero-order chi connectivity index (χ0) is 21.7. The van der Waals surface area contributed by atoms with Gasteiger partial charge in [0.25, 0.3) is 0 Å². The van der Waals surface area contributed by atoms with E-state index in [-0.39, 0.29) is 30.3 Å². The second kappa shape index (κ2) is 9.29. The van der Waals surface area contributed by atoms with E-state index in [9.17, 15) is 14.0 Å². The minimum Gasteiger partial charge on any atom is -0.460 e. The number of carbonyl (C=O) groups is 2. The van der Waals surface area contributed by atoms with Crippen LogP contribution < -0.4 is 10.6 Å². The van der Waals surface area contributed by atoms with Crippen LogP contribution in [0.4, 0.5) is 10.3 Å². The van der Waals surface area contributed by atoms with Crippen LogP contribution in [0.15, 0.2) is 30.6 Å². The number of hydrogen-bond donors (Lipinski definition) is 2. The smallest absolute Gasteiger partial charge is 0.313 e. The van der Waals surface area contributed by atoms with Gasteiger partial charge in [-0.3, -0.25) is 15.0 Å². The van der Waals surface area contributed by atoms with Gasteiger partial charge in [-0.05, 0) is 0 Å². The quantitative estimate of drug-likeness (QED) is 0.415. The maximum Gasteiger partial charge on any atom is 0.313 e. The van der Waals surface area contributed by atoms with Crippen LogP contribution in [0.5, 0.6) is 0 Å². The first kappa shape index (κ1) is 21.2. The summed E-state index contributed by atoms with van der Waals surface area (Å²) in [5.41, 5.74) is 6.15. The van der Waals surface area contributed by atoms with Gasteiger partial charge in [-0.2, -0.15) is 0 Å². The lowest BCUT2D eigenvalue weighted by molar-refractivity contribution is -0.143. The van der Waals surface area contributed by atoms with Gasteiger partial charge in [0, 0.05) is 62.2 Å². The molecule has 0 spiro atoms. The lowest BCUT2D eigenvalue weighted by Crippen LogP contribution is -2.48. The van der Waals surface area contributed by atoms with Gasteiger partial charge in [0.15, 0.2) is 0 Å². The van der Waals surface area contributed by atoms with Crippen molar-refractivity contribution >= 4 is 23.7 Å². The fourth-order valence-electron chi connectivity index (χ4n) is 3.12. The molecule has 0 unspecified atom stereocenters. The molecule has 0 radical (unpaired) electrons. The number of halogens is 1. The number of benzene rings is 1. The molecule has 0 aliphatic carbocycles. The third-order valence-corrected chi connectivity index (χ3v) is 4.76. The van der Waals surface area contributed by atoms with E-state index >= 15 is 0 Å². The molecule has 0 saturated carbocycles. The van der Waals surface area contributed by atoms with Crippen molar-refractivity contribution in [1.82, 2.24) is 14.9 Å². The first-order valence-corrected chi connectivity index (χ1v) is 9.44. The van der Waals surface area contributed by atoms with Crippen LogP contribution >= 0.6 is 0 Å². The number of esters is 1. The third kappa shape index (κ3) is 5.07. The zero-order valence-corrected chi connectivity index (χ0v) is 16.6. The topological polar surface area (TPSA) is 126 Å². The highest BCUT2D eigenvalue weighted by Crippen LogP contribution is 2.25. The molecule has 1 aliphatic rings. The monoisotopic (exact) mass is 414 g/mol. The van der Waals surface area contributed by atoms with E-state index in [0.717, 1.165) is 0 Å². The normalized spacial score (nSPS) is 13.8. The number of anilines is 1. The predicted octanol–water partition coefficient (Wildman–Crippen LogP) is 1.32. The lowest BCUT2D eigenvalue weighted by atomic mass is 10.1. The van der Waals surface area contributed by atoms with Crippen LogP contribution in [-0.4, -0.2) is 58.8 Å². The van der Waals surface area contributed by atoms with Crippen molar-refractivity contribution in [3.8, 4) is 11.1 Å². The summed E-state index contributed by atoms with van der Waals surface area (Å²) in [5.74, 6) is -0.955. The van der Waals surface area contributed by atoms with Gasteiger partial charge in [0.2, 0.25) is 11.9 Å². The number of ether oxygens (including phenoxy) is 1. The highest BCUT2D eigenvalue weighted by atomic mass is 19.1. The summed E-state index contributed by atoms with van der Waals surface area (Å²) in [6.07, 6.45) is 2.75. The standard InChI is InChI=1S/C20H23FN6O3/c1-13(28)26-5-7-27(8-6-26)20-24-10-15(11-25-20)16-4-2-3-14(19(16)21)12-30-18(29)9-17(22)23/h2-4,10-11H,5-9,12H2,1H3,(H3,22,23). The van der Waals surface area contributed by atoms with E-state index < -0.39 is 11.8 Å². The van der Waals surface area contributed by atoms with Crippen molar-refractivity contribution in [3.63, 3.8) is 0 Å². The molecule has 2 aromatic rings. The van der Waals surface area contributed by atoms with Gasteiger partial charge in [0.05, 0.1) is 0 Å². The van der Waals surface area contributed by atoms with E-state index in [4.69, 9.17) is 15.9 Å². The fraction of sp³-hybridized carbons (Fsp3) is 0.350. The second-order valence-electron chi connectivity index (χ2n) is 6.91. The Labute approximate surface area is 173 Å². The lowest BCUT2D eigenvalue weighted by Gasteiger charge is -2.34. The summed E-state index contributed by atoms with van der Waals surface area (Å²) in [6.45, 7) is 3.78. The molecule has 3 rings (SSSR count). The summed E-state index contributed by atoms with van der Waals surface area (Å²) in [5, 5.41) is 7.08. The van der Waals surface area contributed by atoms with E-state index in [0.29, 0.717) is 43.3 Å². The van der Waals surface area contributed by atoms with Gasteiger partial charge < -0.3 is 20.3 Å². The number of amidine groups is 1. The maximum atomic E-state index is 14.9. The molecule has 1 aromatic heterocycles. The molecule has 2 heterocycles. The van der Waals surface area contributed by atoms with Crippen LogP contribution in [0.1, 0.15) is 18.9 Å². The van der Waals surface area contributed by atoms with Crippen LogP contribution in [0.25, 0.3) is 11.1 Å². The minimum absolute atomic E-state index is 0.0493. The molecule has 1 aromatic carbocycles. The van der Waals surface area contributed by atoms with E-state index in [1.54, 1.807) is 36.4 Å². The Balaban J connectivity index is 1.68. The summed E-state index contributed by atoms with van der Waals surface area (Å²) < 4.78 is 19.9. The molecule has 10 heteroatoms. The van der Waals surface area contributed by atoms with Crippen LogP contribution in [0.2, 0.25) is 0 Å². The van der Waals surface area contributed by atoms with Gasteiger partial charge in [-0.1, -0.05) is 18.2 Å². The summed E-state index contributed by atoms with van der Waals surface area (Å²) in [6, 6.07) is 4.77. The molecule has 3 N–H and O–H groups in total. The predicted molar refractivity (Wildman–Crippen MR) is 108 cm³/mol. The van der Waals surface area contributed by atoms with Crippen molar-refractivity contribution < 1.29 is 18.7 Å². The first-order valence-electron chi connectivity index (χ1n) is 9.44. The number of piperazine rings is 1. The molecule has 158 valence electrons. The number of nitrogens with two attached hydrogens (primary N) is 1. The molecule has 1 saturated heterocycles. The van der Waals surface area contributed by atoms with Gasteiger partial charge in [-0.25, -0.2) is 14.4 Å². The van der Waals surface area contributed by atoms with Crippen molar-refractivity contribution in [2.45, 2.75) is 20.0 Å². The molecule has 0 bridgehead atoms. The van der Waals surface area contributed by atoms with Crippen molar-refractivity contribution in [2.24, 2.45) is 5.73 Å². The largest absolute Gasteiger partial charge is 0.460 e. The number of nitrogens with one attached hydrogen (secondary N) is 1. The maximum absolute atomic E-state index is 14.9. The molecular formula is C20H23FN6O3. The number of rotatable bonds is 6. The Morgan fingerprint density at radius 3 is 2.47 bits per heavy atom. The molecule has 1 fully saturated rings. The Morgan fingerprint density at radius 2 is 1.87 bits per heavy atom. The van der Waals surface area contributed by atoms with E-state index in [1.165, 1.54) is 6.07 Å². The molecule has 9 nitrogen and oxygen atoms in total. The number of aromatic nitrogens is 2. The first-order chi connectivity index (χ1) is 14.3. The highest BCUT2D eigenvalue weighted by Gasteiger charge is 2.20. The zero-order valence-electron chi connectivity index (χ0n) is 16.6. The number of carbonyl (C=O) groups excluding carboxylic acids is 2. The Kier molecular flexibility index (Phi) is 6.55. The Morgan fingerprint density at radius 1 is 1.20 bits per heavy atom. The Bertz CT molecular complexity index is 942. The van der Waals surface area contributed by atoms with Gasteiger partial charge in [-0.15, -0.1) is 0 Å². The summed E-state index contributed by atoms with van der Waals surface area (Å²) in [7, 11) is 0. The number of nitrogens with zero attached hydrogens (tertiary/aromatic N) is 4. The highest BCUT2D eigenvalue weighted by molar-refractivity contribution is 5.94. The van der Waals surface area contributed by atoms with E-state index in [1.807, 2.05) is 4.90 Å². The average Bonchev–Trinajstić information content (AvgIpc) is 2.73. The third-order valence-electron chi connectivity index (χ3n) is 4.76. The Hall–Kier alpha value is -3.56. The van der Waals surface area contributed by atoms with E-state index in [2.05, 4.69) is 9.97 Å². The molecule has 30 heavy (non-hydrogen) atoms. The van der Waals surface area contributed by atoms with Crippen LogP contribution in [-0.2, 0) is 20.9 Å². The molecule has 1 aliphatic heterocycles. The van der Waals surface area contributed by atoms with Crippen LogP contribution in [0, 0.1) is 11.2 Å². The van der Waals surface area contributed by atoms with Gasteiger partial charge >= 0.3 is 5.97 Å². The number of amides is 1. The SMILES string of the molecule is CC(=O)N1CCN(c2ncc(-c3cccc(COC(=O)CC(=N)N)c3F)cn2)CC1. The average molecular weight is 414 g/mol. The minimum atomic E-state index is -0.690. The van der Waals surface area contributed by atoms with Crippen molar-refractivity contribution in [3.05, 3.63) is 42.0 Å². The summed E-state index contributed by atoms with van der Waals surface area (Å²) in [4.78, 5) is 35.4. The molecule has 1 amide bonds. The molecular weight excluding hydrogens is 391 g/mol. The molecule has 0 atom stereocenters. The number of hydrogen-bond acceptors (Lipinski definition) is 7. The van der Waals surface area contributed by atoms with Crippen LogP contribution in [0.3, 0.4) is 0 Å². The second-order valence-corrected chi connectivity index (χ2v) is 6.91. The van der Waals surface area contributed by atoms with Gasteiger partial charge in [0.1, 0.15) is 24.7 Å². The fourth-order valence-corrected chi connectivity index (χ4v) is 3.12. The summed E-state index contributed by atoms with van der Waals surface area (Å²) >= 11 is 0. The van der Waals surface area contributed by atoms with Crippen molar-refractivity contribution in [1.29, 1.82) is 5.41 Å².